The lowest BCUT2D eigenvalue weighted by Gasteiger charge is -2.17. The summed E-state index contributed by atoms with van der Waals surface area (Å²) in [5.41, 5.74) is 0. The summed E-state index contributed by atoms with van der Waals surface area (Å²) in [4.78, 5) is 22.0. The van der Waals surface area contributed by atoms with Crippen molar-refractivity contribution >= 4 is 11.9 Å². The van der Waals surface area contributed by atoms with Crippen molar-refractivity contribution in [3.63, 3.8) is 0 Å². The zero-order valence-corrected chi connectivity index (χ0v) is 10.0. The fraction of sp³-hybridized carbons (Fsp3) is 0.818. The van der Waals surface area contributed by atoms with Gasteiger partial charge in [0, 0.05) is 12.8 Å². The van der Waals surface area contributed by atoms with Crippen LogP contribution in [0.2, 0.25) is 0 Å². The van der Waals surface area contributed by atoms with Crippen molar-refractivity contribution in [2.45, 2.75) is 45.5 Å². The summed E-state index contributed by atoms with van der Waals surface area (Å²) in [6.07, 6.45) is -1.01. The second-order valence-corrected chi connectivity index (χ2v) is 3.79. The van der Waals surface area contributed by atoms with Crippen molar-refractivity contribution in [2.24, 2.45) is 5.92 Å². The van der Waals surface area contributed by atoms with Gasteiger partial charge >= 0.3 is 11.9 Å². The first-order valence-electron chi connectivity index (χ1n) is 5.61. The highest BCUT2D eigenvalue weighted by Gasteiger charge is 2.34. The van der Waals surface area contributed by atoms with Gasteiger partial charge in [-0.1, -0.05) is 13.3 Å². The van der Waals surface area contributed by atoms with Gasteiger partial charge in [0.2, 0.25) is 5.92 Å². The Hall–Kier alpha value is -1.20. The second kappa shape index (κ2) is 7.19. The first kappa shape index (κ1) is 15.8. The van der Waals surface area contributed by atoms with Crippen LogP contribution in [0.1, 0.15) is 39.5 Å². The average molecular weight is 252 g/mol. The lowest BCUT2D eigenvalue weighted by Crippen LogP contribution is -2.28. The Morgan fingerprint density at radius 2 is 1.88 bits per heavy atom. The molecular weight excluding hydrogens is 234 g/mol. The number of hydrogen-bond acceptors (Lipinski definition) is 3. The molecule has 1 atom stereocenters. The molecule has 0 amide bonds. The molecule has 6 heteroatoms. The molecule has 0 saturated carbocycles. The number of alkyl halides is 2. The van der Waals surface area contributed by atoms with Crippen LogP contribution in [0.15, 0.2) is 0 Å². The van der Waals surface area contributed by atoms with Gasteiger partial charge in [0.25, 0.3) is 0 Å². The molecule has 0 aromatic rings. The topological polar surface area (TPSA) is 63.6 Å². The van der Waals surface area contributed by atoms with Gasteiger partial charge < -0.3 is 9.84 Å². The quantitative estimate of drug-likeness (QED) is 0.532. The third-order valence-corrected chi connectivity index (χ3v) is 2.28. The van der Waals surface area contributed by atoms with E-state index in [1.54, 1.807) is 6.92 Å². The summed E-state index contributed by atoms with van der Waals surface area (Å²) in [5.74, 6) is -6.80. The van der Waals surface area contributed by atoms with Crippen LogP contribution in [0.5, 0.6) is 0 Å². The number of esters is 1. The van der Waals surface area contributed by atoms with Crippen molar-refractivity contribution in [3.8, 4) is 0 Å². The standard InChI is InChI=1S/C11H18F2O4/c1-3-6-11(12,13)7-5-8(9(14)15)10(16)17-4-2/h8H,3-7H2,1-2H3,(H,14,15). The maximum Gasteiger partial charge on any atom is 0.320 e. The van der Waals surface area contributed by atoms with Gasteiger partial charge in [-0.2, -0.15) is 0 Å². The van der Waals surface area contributed by atoms with Gasteiger partial charge in [0.15, 0.2) is 5.92 Å². The van der Waals surface area contributed by atoms with Crippen LogP contribution in [0.3, 0.4) is 0 Å². The summed E-state index contributed by atoms with van der Waals surface area (Å²) in [6, 6.07) is 0. The molecule has 100 valence electrons. The van der Waals surface area contributed by atoms with Crippen molar-refractivity contribution in [2.75, 3.05) is 6.61 Å². The largest absolute Gasteiger partial charge is 0.481 e. The Labute approximate surface area is 99.0 Å². The maximum absolute atomic E-state index is 13.2. The van der Waals surface area contributed by atoms with Gasteiger partial charge in [-0.05, 0) is 13.3 Å². The highest BCUT2D eigenvalue weighted by atomic mass is 19.3. The number of carboxylic acid groups (broad SMARTS) is 1. The van der Waals surface area contributed by atoms with Gasteiger partial charge in [0.1, 0.15) is 0 Å². The molecule has 0 rings (SSSR count). The van der Waals surface area contributed by atoms with Gasteiger partial charge in [-0.3, -0.25) is 9.59 Å². The van der Waals surface area contributed by atoms with Gasteiger partial charge in [-0.25, -0.2) is 8.78 Å². The molecule has 0 bridgehead atoms. The minimum absolute atomic E-state index is 0.0357. The molecule has 0 heterocycles. The first-order chi connectivity index (χ1) is 7.84. The third kappa shape index (κ3) is 6.19. The Kier molecular flexibility index (Phi) is 6.68. The number of carbonyl (C=O) groups excluding carboxylic acids is 1. The highest BCUT2D eigenvalue weighted by molar-refractivity contribution is 5.93. The highest BCUT2D eigenvalue weighted by Crippen LogP contribution is 2.28. The van der Waals surface area contributed by atoms with E-state index in [-0.39, 0.29) is 13.0 Å². The Morgan fingerprint density at radius 3 is 2.29 bits per heavy atom. The van der Waals surface area contributed by atoms with Crippen LogP contribution in [0.4, 0.5) is 8.78 Å². The van der Waals surface area contributed by atoms with E-state index in [2.05, 4.69) is 4.74 Å². The van der Waals surface area contributed by atoms with Crippen LogP contribution in [0.25, 0.3) is 0 Å². The van der Waals surface area contributed by atoms with E-state index in [1.165, 1.54) is 6.92 Å². The minimum Gasteiger partial charge on any atom is -0.481 e. The summed E-state index contributed by atoms with van der Waals surface area (Å²) < 4.78 is 30.8. The number of aliphatic carboxylic acids is 1. The second-order valence-electron chi connectivity index (χ2n) is 3.79. The van der Waals surface area contributed by atoms with Crippen LogP contribution < -0.4 is 0 Å². The van der Waals surface area contributed by atoms with Crippen LogP contribution in [-0.2, 0) is 14.3 Å². The van der Waals surface area contributed by atoms with E-state index in [0.717, 1.165) is 0 Å². The zero-order valence-electron chi connectivity index (χ0n) is 10.0. The van der Waals surface area contributed by atoms with Crippen LogP contribution in [-0.4, -0.2) is 29.6 Å². The van der Waals surface area contributed by atoms with Crippen molar-refractivity contribution < 1.29 is 28.2 Å². The molecule has 1 unspecified atom stereocenters. The van der Waals surface area contributed by atoms with Crippen LogP contribution >= 0.6 is 0 Å². The predicted molar refractivity (Wildman–Crippen MR) is 56.8 cm³/mol. The summed E-state index contributed by atoms with van der Waals surface area (Å²) >= 11 is 0. The number of hydrogen-bond donors (Lipinski definition) is 1. The Balaban J connectivity index is 4.37. The molecule has 17 heavy (non-hydrogen) atoms. The third-order valence-electron chi connectivity index (χ3n) is 2.28. The number of carbonyl (C=O) groups is 2. The van der Waals surface area contributed by atoms with Crippen molar-refractivity contribution in [1.29, 1.82) is 0 Å². The van der Waals surface area contributed by atoms with Crippen molar-refractivity contribution in [1.82, 2.24) is 0 Å². The minimum atomic E-state index is -2.92. The SMILES string of the molecule is CCCC(F)(F)CCC(C(=O)O)C(=O)OCC. The molecule has 4 nitrogen and oxygen atoms in total. The smallest absolute Gasteiger partial charge is 0.320 e. The Morgan fingerprint density at radius 1 is 1.29 bits per heavy atom. The predicted octanol–water partition coefficient (Wildman–Crippen LogP) is 2.47. The molecule has 0 aliphatic rings. The van der Waals surface area contributed by atoms with E-state index >= 15 is 0 Å². The van der Waals surface area contributed by atoms with Crippen molar-refractivity contribution in [3.05, 3.63) is 0 Å². The number of rotatable bonds is 8. The van der Waals surface area contributed by atoms with E-state index in [4.69, 9.17) is 5.11 Å². The summed E-state index contributed by atoms with van der Waals surface area (Å²) in [7, 11) is 0. The number of carboxylic acids is 1. The molecule has 0 aromatic carbocycles. The van der Waals surface area contributed by atoms with E-state index < -0.39 is 36.6 Å². The molecule has 0 saturated heterocycles. The first-order valence-corrected chi connectivity index (χ1v) is 5.61. The molecule has 0 aliphatic carbocycles. The molecule has 0 aliphatic heterocycles. The molecule has 0 aromatic heterocycles. The fourth-order valence-corrected chi connectivity index (χ4v) is 1.43. The molecular formula is C11H18F2O4. The maximum atomic E-state index is 13.2. The molecule has 1 N–H and O–H groups in total. The molecule has 0 spiro atoms. The van der Waals surface area contributed by atoms with Gasteiger partial charge in [-0.15, -0.1) is 0 Å². The zero-order chi connectivity index (χ0) is 13.5. The summed E-state index contributed by atoms with van der Waals surface area (Å²) in [6.45, 7) is 3.18. The van der Waals surface area contributed by atoms with E-state index in [0.29, 0.717) is 6.42 Å². The monoisotopic (exact) mass is 252 g/mol. The molecule has 0 radical (unpaired) electrons. The van der Waals surface area contributed by atoms with Gasteiger partial charge in [0.05, 0.1) is 6.61 Å². The lowest BCUT2D eigenvalue weighted by molar-refractivity contribution is -0.159. The fourth-order valence-electron chi connectivity index (χ4n) is 1.43. The lowest BCUT2D eigenvalue weighted by atomic mass is 9.99. The summed E-state index contributed by atoms with van der Waals surface area (Å²) in [5, 5.41) is 8.75. The van der Waals surface area contributed by atoms with Crippen LogP contribution in [0, 0.1) is 5.92 Å². The number of halogens is 2. The Bertz CT molecular complexity index is 266. The normalized spacial score (nSPS) is 13.2. The molecule has 0 fully saturated rings. The van der Waals surface area contributed by atoms with E-state index in [9.17, 15) is 18.4 Å². The number of ether oxygens (including phenoxy) is 1. The average Bonchev–Trinajstić information content (AvgIpc) is 2.17. The van der Waals surface area contributed by atoms with E-state index in [1.807, 2.05) is 0 Å².